The maximum Gasteiger partial charge on any atom is 0.315 e. The van der Waals surface area contributed by atoms with Crippen LogP contribution in [0.4, 0.5) is 0 Å². The fourth-order valence-electron chi connectivity index (χ4n) is 7.86. The van der Waals surface area contributed by atoms with Crippen LogP contribution in [0.25, 0.3) is 0 Å². The summed E-state index contributed by atoms with van der Waals surface area (Å²) in [5.74, 6) is -2.95. The number of aliphatic carboxylic acids is 1. The molecule has 1 aliphatic heterocycles. The Morgan fingerprint density at radius 3 is 2.58 bits per heavy atom. The van der Waals surface area contributed by atoms with Gasteiger partial charge < -0.3 is 20.1 Å². The van der Waals surface area contributed by atoms with Crippen LogP contribution in [0, 0.1) is 28.6 Å². The van der Waals surface area contributed by atoms with Crippen molar-refractivity contribution in [2.45, 2.75) is 69.2 Å². The largest absolute Gasteiger partial charge is 0.481 e. The highest BCUT2D eigenvalue weighted by atomic mass is 16.6. The number of ether oxygens (including phenoxy) is 1. The highest BCUT2D eigenvalue weighted by Crippen LogP contribution is 2.79. The van der Waals surface area contributed by atoms with Crippen LogP contribution in [-0.2, 0) is 14.3 Å². The molecular formula is C20H26O6. The van der Waals surface area contributed by atoms with E-state index in [0.29, 0.717) is 44.1 Å². The van der Waals surface area contributed by atoms with E-state index < -0.39 is 51.4 Å². The van der Waals surface area contributed by atoms with Gasteiger partial charge in [0.05, 0.1) is 17.1 Å². The Labute approximate surface area is 152 Å². The Hall–Kier alpha value is -1.40. The predicted octanol–water partition coefficient (Wildman–Crippen LogP) is 1.64. The number of carbonyl (C=O) groups excluding carboxylic acids is 1. The summed E-state index contributed by atoms with van der Waals surface area (Å²) in [6.07, 6.45) is 2.88. The monoisotopic (exact) mass is 362 g/mol. The van der Waals surface area contributed by atoms with Crippen LogP contribution in [0.5, 0.6) is 0 Å². The first-order valence-corrected chi connectivity index (χ1v) is 9.54. The standard InChI is InChI=1S/C20H26O6/c1-10-8-18-9-19(10,25)5-4-11(18)20-7-6-16(2,24)17(3,15(23)26-20)13(20)12(18)14(21)22/h11-13,24-25H,1,4-9H2,2-3H3,(H,21,22)/t11-,12-,13-,16+,17-,18+,19+,20-/m1/s1. The number of rotatable bonds is 1. The van der Waals surface area contributed by atoms with Crippen molar-refractivity contribution >= 4 is 11.9 Å². The zero-order valence-corrected chi connectivity index (χ0v) is 15.2. The topological polar surface area (TPSA) is 104 Å². The summed E-state index contributed by atoms with van der Waals surface area (Å²) in [6.45, 7) is 7.37. The molecule has 5 fully saturated rings. The fraction of sp³-hybridized carbons (Fsp3) is 0.800. The molecule has 142 valence electrons. The number of carboxylic acid groups (broad SMARTS) is 1. The summed E-state index contributed by atoms with van der Waals surface area (Å²) in [4.78, 5) is 25.5. The molecule has 0 aromatic heterocycles. The van der Waals surface area contributed by atoms with Crippen LogP contribution < -0.4 is 0 Å². The summed E-state index contributed by atoms with van der Waals surface area (Å²) in [5, 5.41) is 32.3. The van der Waals surface area contributed by atoms with Gasteiger partial charge >= 0.3 is 11.9 Å². The van der Waals surface area contributed by atoms with Crippen LogP contribution in [0.15, 0.2) is 12.2 Å². The number of fused-ring (bicyclic) bond motifs is 1. The van der Waals surface area contributed by atoms with Gasteiger partial charge in [-0.15, -0.1) is 0 Å². The third kappa shape index (κ3) is 1.41. The SMILES string of the molecule is C=C1C[C@]23C[C@@]1(O)CC[C@H]2[C@@]12CC[C@](C)(O)[C@@](C)(C(=O)O1)[C@H]2[C@@H]3C(=O)O. The van der Waals surface area contributed by atoms with Crippen molar-refractivity contribution < 1.29 is 29.6 Å². The number of esters is 1. The minimum absolute atomic E-state index is 0.109. The quantitative estimate of drug-likeness (QED) is 0.484. The van der Waals surface area contributed by atoms with Crippen molar-refractivity contribution in [2.24, 2.45) is 28.6 Å². The van der Waals surface area contributed by atoms with E-state index in [0.717, 1.165) is 0 Å². The lowest BCUT2D eigenvalue weighted by Crippen LogP contribution is -2.59. The maximum atomic E-state index is 12.9. The maximum absolute atomic E-state index is 12.9. The van der Waals surface area contributed by atoms with Gasteiger partial charge in [-0.25, -0.2) is 0 Å². The Kier molecular flexibility index (Phi) is 2.70. The number of hydrogen-bond acceptors (Lipinski definition) is 5. The molecular weight excluding hydrogens is 336 g/mol. The number of hydrogen-bond donors (Lipinski definition) is 3. The first-order valence-electron chi connectivity index (χ1n) is 9.54. The summed E-state index contributed by atoms with van der Waals surface area (Å²) < 4.78 is 6.03. The molecule has 5 aliphatic rings. The van der Waals surface area contributed by atoms with Crippen LogP contribution in [0.1, 0.15) is 52.4 Å². The third-order valence-electron chi connectivity index (χ3n) is 9.15. The lowest BCUT2D eigenvalue weighted by Gasteiger charge is -2.49. The molecule has 0 amide bonds. The minimum atomic E-state index is -1.31. The van der Waals surface area contributed by atoms with E-state index in [9.17, 15) is 24.9 Å². The molecule has 8 atom stereocenters. The van der Waals surface area contributed by atoms with Crippen molar-refractivity contribution in [3.8, 4) is 0 Å². The van der Waals surface area contributed by atoms with Crippen LogP contribution in [0.2, 0.25) is 0 Å². The smallest absolute Gasteiger partial charge is 0.315 e. The Morgan fingerprint density at radius 1 is 1.23 bits per heavy atom. The second kappa shape index (κ2) is 4.20. The Balaban J connectivity index is 1.77. The second-order valence-electron chi connectivity index (χ2n) is 9.93. The highest BCUT2D eigenvalue weighted by molar-refractivity contribution is 5.86. The third-order valence-corrected chi connectivity index (χ3v) is 9.15. The average Bonchev–Trinajstić information content (AvgIpc) is 2.96. The van der Waals surface area contributed by atoms with E-state index in [1.807, 2.05) is 0 Å². The minimum Gasteiger partial charge on any atom is -0.481 e. The molecule has 4 aliphatic carbocycles. The summed E-state index contributed by atoms with van der Waals surface area (Å²) in [5.41, 5.74) is -4.35. The van der Waals surface area contributed by atoms with E-state index in [2.05, 4.69) is 6.58 Å². The molecule has 6 heteroatoms. The lowest BCUT2D eigenvalue weighted by atomic mass is 9.54. The Bertz CT molecular complexity index is 772. The first kappa shape index (κ1) is 16.8. The van der Waals surface area contributed by atoms with Crippen molar-refractivity contribution in [3.05, 3.63) is 12.2 Å². The molecule has 0 unspecified atom stereocenters. The summed E-state index contributed by atoms with van der Waals surface area (Å²) in [7, 11) is 0. The van der Waals surface area contributed by atoms with Gasteiger partial charge in [0, 0.05) is 11.8 Å². The molecule has 6 nitrogen and oxygen atoms in total. The lowest BCUT2D eigenvalue weighted by molar-refractivity contribution is -0.170. The molecule has 0 aromatic carbocycles. The fourth-order valence-corrected chi connectivity index (χ4v) is 7.86. The molecule has 4 bridgehead atoms. The summed E-state index contributed by atoms with van der Waals surface area (Å²) >= 11 is 0. The molecule has 0 radical (unpaired) electrons. The molecule has 5 rings (SSSR count). The zero-order chi connectivity index (χ0) is 18.9. The van der Waals surface area contributed by atoms with Gasteiger partial charge in [-0.05, 0) is 63.4 Å². The van der Waals surface area contributed by atoms with E-state index in [1.165, 1.54) is 0 Å². The zero-order valence-electron chi connectivity index (χ0n) is 15.2. The number of carboxylic acids is 1. The highest BCUT2D eigenvalue weighted by Gasteiger charge is 2.85. The van der Waals surface area contributed by atoms with Gasteiger partial charge in [-0.3, -0.25) is 9.59 Å². The van der Waals surface area contributed by atoms with E-state index in [-0.39, 0.29) is 5.92 Å². The van der Waals surface area contributed by atoms with Gasteiger partial charge in [-0.1, -0.05) is 6.58 Å². The molecule has 26 heavy (non-hydrogen) atoms. The van der Waals surface area contributed by atoms with Crippen LogP contribution >= 0.6 is 0 Å². The van der Waals surface area contributed by atoms with Crippen molar-refractivity contribution in [1.29, 1.82) is 0 Å². The van der Waals surface area contributed by atoms with Gasteiger partial charge in [0.1, 0.15) is 11.0 Å². The van der Waals surface area contributed by atoms with E-state index >= 15 is 0 Å². The second-order valence-corrected chi connectivity index (χ2v) is 9.93. The molecule has 1 heterocycles. The van der Waals surface area contributed by atoms with Crippen molar-refractivity contribution in [2.75, 3.05) is 0 Å². The molecule has 3 N–H and O–H groups in total. The Morgan fingerprint density at radius 2 is 1.92 bits per heavy atom. The molecule has 1 spiro atoms. The number of carbonyl (C=O) groups is 2. The predicted molar refractivity (Wildman–Crippen MR) is 89.9 cm³/mol. The first-order chi connectivity index (χ1) is 11.9. The molecule has 0 aromatic rings. The summed E-state index contributed by atoms with van der Waals surface area (Å²) in [6, 6.07) is 0. The number of aliphatic hydroxyl groups is 2. The van der Waals surface area contributed by atoms with Crippen molar-refractivity contribution in [3.63, 3.8) is 0 Å². The van der Waals surface area contributed by atoms with Crippen LogP contribution in [0.3, 0.4) is 0 Å². The van der Waals surface area contributed by atoms with Crippen LogP contribution in [-0.4, -0.2) is 44.1 Å². The van der Waals surface area contributed by atoms with Gasteiger partial charge in [0.2, 0.25) is 0 Å². The van der Waals surface area contributed by atoms with Gasteiger partial charge in [0.25, 0.3) is 0 Å². The van der Waals surface area contributed by atoms with E-state index in [1.54, 1.807) is 13.8 Å². The van der Waals surface area contributed by atoms with Gasteiger partial charge in [0.15, 0.2) is 0 Å². The molecule has 4 saturated carbocycles. The van der Waals surface area contributed by atoms with Crippen molar-refractivity contribution in [1.82, 2.24) is 0 Å². The average molecular weight is 362 g/mol. The normalized spacial score (nSPS) is 59.8. The van der Waals surface area contributed by atoms with E-state index in [4.69, 9.17) is 4.74 Å². The molecule has 1 saturated heterocycles. The van der Waals surface area contributed by atoms with Gasteiger partial charge in [-0.2, -0.15) is 0 Å².